The summed E-state index contributed by atoms with van der Waals surface area (Å²) in [6.07, 6.45) is -0.712. The SMILES string of the molecule is COc1cccc2[nH]c(C)c(C(O)CC#N)c12. The molecular weight excluding hydrogens is 216 g/mol. The number of H-pyrrole nitrogens is 1. The van der Waals surface area contributed by atoms with Gasteiger partial charge in [-0.05, 0) is 19.1 Å². The summed E-state index contributed by atoms with van der Waals surface area (Å²) in [4.78, 5) is 3.19. The quantitative estimate of drug-likeness (QED) is 0.850. The first-order chi connectivity index (χ1) is 8.19. The molecule has 0 spiro atoms. The van der Waals surface area contributed by atoms with E-state index in [1.54, 1.807) is 7.11 Å². The van der Waals surface area contributed by atoms with Gasteiger partial charge in [0.25, 0.3) is 0 Å². The molecule has 0 saturated heterocycles. The van der Waals surface area contributed by atoms with Crippen LogP contribution < -0.4 is 4.74 Å². The van der Waals surface area contributed by atoms with Crippen LogP contribution >= 0.6 is 0 Å². The second-order valence-electron chi connectivity index (χ2n) is 3.92. The van der Waals surface area contributed by atoms with Gasteiger partial charge in [0.1, 0.15) is 5.75 Å². The molecule has 0 aliphatic rings. The molecule has 1 aromatic heterocycles. The van der Waals surface area contributed by atoms with E-state index in [-0.39, 0.29) is 6.42 Å². The fourth-order valence-electron chi connectivity index (χ4n) is 2.15. The third kappa shape index (κ3) is 1.85. The number of aryl methyl sites for hydroxylation is 1. The molecule has 17 heavy (non-hydrogen) atoms. The van der Waals surface area contributed by atoms with E-state index in [4.69, 9.17) is 10.00 Å². The van der Waals surface area contributed by atoms with Crippen LogP contribution in [0.3, 0.4) is 0 Å². The largest absolute Gasteiger partial charge is 0.496 e. The van der Waals surface area contributed by atoms with Crippen molar-refractivity contribution in [3.8, 4) is 11.8 Å². The number of nitriles is 1. The van der Waals surface area contributed by atoms with E-state index in [9.17, 15) is 5.11 Å². The highest BCUT2D eigenvalue weighted by Crippen LogP contribution is 2.35. The lowest BCUT2D eigenvalue weighted by Crippen LogP contribution is -1.98. The number of aromatic nitrogens is 1. The van der Waals surface area contributed by atoms with Gasteiger partial charge in [-0.1, -0.05) is 6.07 Å². The van der Waals surface area contributed by atoms with Crippen LogP contribution in [0.5, 0.6) is 5.75 Å². The standard InChI is InChI=1S/C13H14N2O2/c1-8-12(10(16)6-7-14)13-9(15-8)4-3-5-11(13)17-2/h3-5,10,15-16H,6H2,1-2H3. The molecular formula is C13H14N2O2. The molecule has 2 aromatic rings. The van der Waals surface area contributed by atoms with Gasteiger partial charge in [0.15, 0.2) is 0 Å². The molecule has 4 nitrogen and oxygen atoms in total. The summed E-state index contributed by atoms with van der Waals surface area (Å²) in [5, 5.41) is 19.5. The molecule has 2 N–H and O–H groups in total. The summed E-state index contributed by atoms with van der Waals surface area (Å²) in [6.45, 7) is 1.88. The molecule has 0 bridgehead atoms. The number of benzene rings is 1. The Kier molecular flexibility index (Phi) is 3.03. The van der Waals surface area contributed by atoms with Crippen molar-refractivity contribution < 1.29 is 9.84 Å². The second kappa shape index (κ2) is 4.48. The Morgan fingerprint density at radius 3 is 2.94 bits per heavy atom. The molecule has 0 fully saturated rings. The van der Waals surface area contributed by atoms with Gasteiger partial charge >= 0.3 is 0 Å². The van der Waals surface area contributed by atoms with Crippen molar-refractivity contribution in [3.05, 3.63) is 29.5 Å². The first kappa shape index (κ1) is 11.5. The number of hydrogen-bond donors (Lipinski definition) is 2. The van der Waals surface area contributed by atoms with Gasteiger partial charge in [-0.2, -0.15) is 5.26 Å². The number of methoxy groups -OCH3 is 1. The van der Waals surface area contributed by atoms with E-state index in [0.29, 0.717) is 5.75 Å². The summed E-state index contributed by atoms with van der Waals surface area (Å²) in [5.41, 5.74) is 2.53. The Labute approximate surface area is 99.4 Å². The molecule has 1 atom stereocenters. The average Bonchev–Trinajstić information content (AvgIpc) is 2.65. The van der Waals surface area contributed by atoms with Gasteiger partial charge in [0, 0.05) is 22.2 Å². The Bertz CT molecular complexity index is 581. The summed E-state index contributed by atoms with van der Waals surface area (Å²) in [7, 11) is 1.59. The Morgan fingerprint density at radius 2 is 2.29 bits per heavy atom. The lowest BCUT2D eigenvalue weighted by molar-refractivity contribution is 0.184. The first-order valence-electron chi connectivity index (χ1n) is 5.39. The van der Waals surface area contributed by atoms with Crippen LogP contribution in [0, 0.1) is 18.3 Å². The van der Waals surface area contributed by atoms with E-state index in [2.05, 4.69) is 4.98 Å². The van der Waals surface area contributed by atoms with Gasteiger partial charge in [-0.25, -0.2) is 0 Å². The van der Waals surface area contributed by atoms with Crippen LogP contribution in [-0.4, -0.2) is 17.2 Å². The molecule has 4 heteroatoms. The van der Waals surface area contributed by atoms with Gasteiger partial charge < -0.3 is 14.8 Å². The maximum Gasteiger partial charge on any atom is 0.128 e. The number of rotatable bonds is 3. The normalized spacial score (nSPS) is 12.4. The zero-order valence-electron chi connectivity index (χ0n) is 9.82. The Balaban J connectivity index is 2.69. The van der Waals surface area contributed by atoms with E-state index in [1.165, 1.54) is 0 Å². The monoisotopic (exact) mass is 230 g/mol. The predicted molar refractivity (Wildman–Crippen MR) is 64.8 cm³/mol. The minimum Gasteiger partial charge on any atom is -0.496 e. The Morgan fingerprint density at radius 1 is 1.53 bits per heavy atom. The van der Waals surface area contributed by atoms with Gasteiger partial charge in [-0.3, -0.25) is 0 Å². The molecule has 0 aliphatic carbocycles. The van der Waals surface area contributed by atoms with E-state index >= 15 is 0 Å². The predicted octanol–water partition coefficient (Wildman–Crippen LogP) is 2.43. The van der Waals surface area contributed by atoms with Crippen molar-refractivity contribution in [1.29, 1.82) is 5.26 Å². The van der Waals surface area contributed by atoms with Crippen LogP contribution in [0.4, 0.5) is 0 Å². The number of nitrogens with one attached hydrogen (secondary N) is 1. The first-order valence-corrected chi connectivity index (χ1v) is 5.39. The van der Waals surface area contributed by atoms with Crippen LogP contribution in [0.1, 0.15) is 23.8 Å². The van der Waals surface area contributed by atoms with Crippen molar-refractivity contribution in [3.63, 3.8) is 0 Å². The highest BCUT2D eigenvalue weighted by molar-refractivity contribution is 5.90. The van der Waals surface area contributed by atoms with Crippen molar-refractivity contribution in [2.75, 3.05) is 7.11 Å². The van der Waals surface area contributed by atoms with Crippen molar-refractivity contribution in [2.24, 2.45) is 0 Å². The molecule has 0 aliphatic heterocycles. The summed E-state index contributed by atoms with van der Waals surface area (Å²) in [6, 6.07) is 7.64. The number of ether oxygens (including phenoxy) is 1. The number of fused-ring (bicyclic) bond motifs is 1. The maximum atomic E-state index is 10.0. The number of nitrogens with zero attached hydrogens (tertiary/aromatic N) is 1. The van der Waals surface area contributed by atoms with E-state index in [1.807, 2.05) is 31.2 Å². The summed E-state index contributed by atoms with van der Waals surface area (Å²) < 4.78 is 5.30. The highest BCUT2D eigenvalue weighted by atomic mass is 16.5. The third-order valence-electron chi connectivity index (χ3n) is 2.86. The second-order valence-corrected chi connectivity index (χ2v) is 3.92. The van der Waals surface area contributed by atoms with Crippen LogP contribution in [0.2, 0.25) is 0 Å². The zero-order valence-corrected chi connectivity index (χ0v) is 9.82. The summed E-state index contributed by atoms with van der Waals surface area (Å²) >= 11 is 0. The van der Waals surface area contributed by atoms with Crippen molar-refractivity contribution >= 4 is 10.9 Å². The van der Waals surface area contributed by atoms with Gasteiger partial charge in [0.05, 0.1) is 25.7 Å². The fourth-order valence-corrected chi connectivity index (χ4v) is 2.15. The van der Waals surface area contributed by atoms with Gasteiger partial charge in [0.2, 0.25) is 0 Å². The van der Waals surface area contributed by atoms with Crippen LogP contribution in [0.15, 0.2) is 18.2 Å². The molecule has 88 valence electrons. The average molecular weight is 230 g/mol. The smallest absolute Gasteiger partial charge is 0.128 e. The maximum absolute atomic E-state index is 10.0. The molecule has 0 radical (unpaired) electrons. The minimum atomic E-state index is -0.787. The zero-order chi connectivity index (χ0) is 12.4. The van der Waals surface area contributed by atoms with Crippen molar-refractivity contribution in [1.82, 2.24) is 4.98 Å². The Hall–Kier alpha value is -1.99. The number of hydrogen-bond acceptors (Lipinski definition) is 3. The lowest BCUT2D eigenvalue weighted by Gasteiger charge is -2.09. The van der Waals surface area contributed by atoms with E-state index in [0.717, 1.165) is 22.2 Å². The molecule has 0 amide bonds. The summed E-state index contributed by atoms with van der Waals surface area (Å²) in [5.74, 6) is 0.707. The van der Waals surface area contributed by atoms with Crippen LogP contribution in [-0.2, 0) is 0 Å². The molecule has 0 saturated carbocycles. The van der Waals surface area contributed by atoms with Crippen molar-refractivity contribution in [2.45, 2.75) is 19.4 Å². The molecule has 1 heterocycles. The van der Waals surface area contributed by atoms with E-state index < -0.39 is 6.10 Å². The third-order valence-corrected chi connectivity index (χ3v) is 2.86. The van der Waals surface area contributed by atoms with Crippen LogP contribution in [0.25, 0.3) is 10.9 Å². The number of aliphatic hydroxyl groups excluding tert-OH is 1. The molecule has 1 aromatic carbocycles. The molecule has 2 rings (SSSR count). The highest BCUT2D eigenvalue weighted by Gasteiger charge is 2.19. The molecule has 1 unspecified atom stereocenters. The topological polar surface area (TPSA) is 69.0 Å². The number of aromatic amines is 1. The number of aliphatic hydroxyl groups is 1. The minimum absolute atomic E-state index is 0.0752. The van der Waals surface area contributed by atoms with Gasteiger partial charge in [-0.15, -0.1) is 0 Å². The lowest BCUT2D eigenvalue weighted by atomic mass is 10.0. The fraction of sp³-hybridized carbons (Fsp3) is 0.308.